The lowest BCUT2D eigenvalue weighted by molar-refractivity contribution is 0.312. The van der Waals surface area contributed by atoms with Gasteiger partial charge < -0.3 is 34.0 Å². The van der Waals surface area contributed by atoms with E-state index in [-0.39, 0.29) is 35.2 Å². The molecule has 0 amide bonds. The summed E-state index contributed by atoms with van der Waals surface area (Å²) in [5.41, 5.74) is 40.5. The molecule has 3 aliphatic carbocycles. The number of unbranched alkanes of at least 4 members (excludes halogenated alkanes) is 2. The van der Waals surface area contributed by atoms with Crippen LogP contribution >= 0.6 is 116 Å². The second-order valence-electron chi connectivity index (χ2n) is 26.3. The Morgan fingerprint density at radius 2 is 0.644 bits per heavy atom. The van der Waals surface area contributed by atoms with Gasteiger partial charge in [-0.05, 0) is 123 Å². The minimum Gasteiger partial charge on any atom is -0.370 e. The van der Waals surface area contributed by atoms with Gasteiger partial charge >= 0.3 is 0 Å². The average molecular weight is 1560 g/mol. The third-order valence-electron chi connectivity index (χ3n) is 16.8. The van der Waals surface area contributed by atoms with Crippen LogP contribution in [-0.2, 0) is 25.7 Å². The second kappa shape index (κ2) is 37.1. The molecule has 0 bridgehead atoms. The molecule has 0 radical (unpaired) electrons. The largest absolute Gasteiger partial charge is 0.370 e. The number of hydrogen-bond donors (Lipinski definition) is 6. The number of benzene rings is 5. The Balaban J connectivity index is 0.000000147. The van der Waals surface area contributed by atoms with E-state index in [9.17, 15) is 0 Å². The van der Waals surface area contributed by atoms with Crippen molar-refractivity contribution in [1.82, 2.24) is 49.8 Å². The molecule has 5 aromatic heterocycles. The molecule has 11 N–H and O–H groups in total. The van der Waals surface area contributed by atoms with Crippen molar-refractivity contribution in [2.45, 2.75) is 130 Å². The Bertz CT molecular complexity index is 4470. The van der Waals surface area contributed by atoms with Gasteiger partial charge in [0.25, 0.3) is 0 Å². The van der Waals surface area contributed by atoms with Crippen LogP contribution in [0.5, 0.6) is 0 Å². The zero-order chi connectivity index (χ0) is 72.5. The highest BCUT2D eigenvalue weighted by Gasteiger charge is 2.25. The predicted molar refractivity (Wildman–Crippen MR) is 424 cm³/mol. The zero-order valence-electron chi connectivity index (χ0n) is 56.4. The lowest BCUT2D eigenvalue weighted by Crippen LogP contribution is -2.15. The Morgan fingerprint density at radius 3 is 0.941 bits per heavy atom. The van der Waals surface area contributed by atoms with Crippen LogP contribution in [0.15, 0.2) is 121 Å². The molecule has 5 aromatic carbocycles. The van der Waals surface area contributed by atoms with Crippen LogP contribution in [0, 0.1) is 23.2 Å². The first kappa shape index (κ1) is 78.3. The van der Waals surface area contributed by atoms with Crippen LogP contribution in [0.4, 0.5) is 35.6 Å². The van der Waals surface area contributed by atoms with E-state index in [0.29, 0.717) is 73.3 Å². The lowest BCUT2D eigenvalue weighted by atomic mass is 9.82. The number of rotatable bonds is 17. The first-order chi connectivity index (χ1) is 48.3. The number of nitrogens with one attached hydrogen (secondary N) is 1. The smallest absolute Gasteiger partial charge is 0.222 e. The molecule has 16 nitrogen and oxygen atoms in total. The highest BCUT2D eigenvalue weighted by molar-refractivity contribution is 6.46. The minimum absolute atomic E-state index is 0.121. The van der Waals surface area contributed by atoms with E-state index in [1.165, 1.54) is 70.6 Å². The van der Waals surface area contributed by atoms with Crippen molar-refractivity contribution in [1.29, 1.82) is 0 Å². The van der Waals surface area contributed by atoms with E-state index in [4.69, 9.17) is 145 Å². The molecule has 0 spiro atoms. The van der Waals surface area contributed by atoms with Crippen molar-refractivity contribution >= 4 is 152 Å². The molecule has 26 heteroatoms. The third-order valence-corrected chi connectivity index (χ3v) is 20.8. The Hall–Kier alpha value is -6.80. The minimum atomic E-state index is 0.121. The van der Waals surface area contributed by atoms with Gasteiger partial charge in [-0.15, -0.1) is 0 Å². The summed E-state index contributed by atoms with van der Waals surface area (Å²) < 4.78 is 0. The van der Waals surface area contributed by atoms with E-state index >= 15 is 0 Å². The first-order valence-electron chi connectivity index (χ1n) is 33.4. The Labute approximate surface area is 641 Å². The van der Waals surface area contributed by atoms with E-state index < -0.39 is 0 Å². The number of halogens is 10. The molecule has 13 rings (SSSR count). The van der Waals surface area contributed by atoms with Crippen molar-refractivity contribution in [3.63, 3.8) is 0 Å². The second-order valence-corrected chi connectivity index (χ2v) is 30.2. The summed E-state index contributed by atoms with van der Waals surface area (Å²) in [7, 11) is 0. The van der Waals surface area contributed by atoms with E-state index in [2.05, 4.69) is 82.9 Å². The molecular formula is C75H80Cl10N16. The lowest BCUT2D eigenvalue weighted by Gasteiger charge is -2.24. The number of nitrogen functional groups attached to an aromatic ring is 5. The molecule has 0 saturated heterocycles. The summed E-state index contributed by atoms with van der Waals surface area (Å²) in [5, 5.41) is 8.25. The standard InChI is InChI=1S/C16H17Cl2N3.C15H18Cl2N4.C15H15Cl2N3.C15H17Cl2N3.C14H13Cl2N3/c17-13-7-3-6-12(15(13)18)14-9-11(20-16(19)21-14)8-10-4-1-2-5-10;1-2-3-4-8-19-13-9-12(20-15(18)21-13)10-6-5-7-11(16)14(10)17;16-12-6-2-5-11(14(12)17)13-8-10(19-15(18)20-13)7-9-3-1-4-9;1-15(2,3)8-9-7-12(20-14(18)19-9)10-5-4-6-11(16)13(10)17;15-11-3-1-2-10(13(11)16)12-7-9(6-8-4-5-8)18-14(17)19-12/h3,6-7,9-10H,1-2,4-5,8H2,(H2,19,20,21);5-7,9H,2-4,8H2,1H3,(H3,18,19,20,21);2,5-6,8-9H,1,3-4,7H2,(H2,18,19,20);4-7H,8H2,1-3H3,(H2,18,19,20);1-3,7-8H,4-6H2,(H2,17,18,19). The van der Waals surface area contributed by atoms with Gasteiger partial charge in [-0.1, -0.05) is 262 Å². The molecule has 3 saturated carbocycles. The molecule has 0 unspecified atom stereocenters. The van der Waals surface area contributed by atoms with Gasteiger partial charge in [-0.2, -0.15) is 4.98 Å². The molecule has 0 atom stereocenters. The van der Waals surface area contributed by atoms with Crippen molar-refractivity contribution < 1.29 is 0 Å². The van der Waals surface area contributed by atoms with Gasteiger partial charge in [0.2, 0.25) is 29.7 Å². The maximum atomic E-state index is 6.27. The summed E-state index contributed by atoms with van der Waals surface area (Å²) >= 11 is 61.4. The molecule has 3 fully saturated rings. The van der Waals surface area contributed by atoms with Crippen molar-refractivity contribution in [2.75, 3.05) is 40.5 Å². The molecule has 10 aromatic rings. The summed E-state index contributed by atoms with van der Waals surface area (Å²) in [5.74, 6) is 4.20. The molecule has 3 aliphatic rings. The molecular weight excluding hydrogens is 1480 g/mol. The predicted octanol–water partition coefficient (Wildman–Crippen LogP) is 22.4. The summed E-state index contributed by atoms with van der Waals surface area (Å²) in [6.07, 6.45) is 18.7. The fourth-order valence-electron chi connectivity index (χ4n) is 11.5. The van der Waals surface area contributed by atoms with E-state index in [1.54, 1.807) is 30.3 Å². The first-order valence-corrected chi connectivity index (χ1v) is 37.2. The van der Waals surface area contributed by atoms with E-state index in [1.807, 2.05) is 91.0 Å². The van der Waals surface area contributed by atoms with E-state index in [0.717, 1.165) is 118 Å². The fourth-order valence-corrected chi connectivity index (χ4v) is 13.5. The number of nitrogens with two attached hydrogens (primary N) is 5. The molecule has 5 heterocycles. The topological polar surface area (TPSA) is 271 Å². The summed E-state index contributed by atoms with van der Waals surface area (Å²) in [6, 6.07) is 37.0. The van der Waals surface area contributed by atoms with Crippen molar-refractivity contribution in [3.05, 3.63) is 194 Å². The monoisotopic (exact) mass is 1550 g/mol. The third kappa shape index (κ3) is 23.4. The maximum absolute atomic E-state index is 6.27. The van der Waals surface area contributed by atoms with Crippen LogP contribution < -0.4 is 34.0 Å². The Kier molecular flexibility index (Phi) is 28.8. The SMILES string of the molecule is CC(C)(C)Cc1cc(-c2cccc(Cl)c2Cl)nc(N)n1.CCCCCNc1cc(-c2cccc(Cl)c2Cl)nc(N)n1.Nc1nc(CC2CC2)cc(-c2cccc(Cl)c2Cl)n1.Nc1nc(CC2CCC2)cc(-c2cccc(Cl)c2Cl)n1.Nc1nc(CC2CCCC2)cc(-c2cccc(Cl)c2Cl)n1. The number of aromatic nitrogens is 10. The highest BCUT2D eigenvalue weighted by Crippen LogP contribution is 2.40. The highest BCUT2D eigenvalue weighted by atomic mass is 35.5. The normalized spacial score (nSPS) is 13.5. The van der Waals surface area contributed by atoms with Gasteiger partial charge in [-0.25, -0.2) is 44.9 Å². The molecule has 530 valence electrons. The van der Waals surface area contributed by atoms with Gasteiger partial charge in [0.1, 0.15) is 5.82 Å². The summed E-state index contributed by atoms with van der Waals surface area (Å²) in [6.45, 7) is 9.47. The van der Waals surface area contributed by atoms with Crippen LogP contribution in [0.25, 0.3) is 56.3 Å². The molecule has 101 heavy (non-hydrogen) atoms. The fraction of sp³-hybridized carbons (Fsp3) is 0.333. The number of anilines is 6. The van der Waals surface area contributed by atoms with Crippen LogP contribution in [-0.4, -0.2) is 56.4 Å². The number of hydrogen-bond acceptors (Lipinski definition) is 16. The average Bonchev–Trinajstić information content (AvgIpc) is 1.18. The molecule has 0 aliphatic heterocycles. The Morgan fingerprint density at radius 1 is 0.356 bits per heavy atom. The number of nitrogens with zero attached hydrogens (tertiary/aromatic N) is 10. The van der Waals surface area contributed by atoms with Crippen molar-refractivity contribution in [2.24, 2.45) is 23.2 Å². The van der Waals surface area contributed by atoms with Gasteiger partial charge in [-0.3, -0.25) is 0 Å². The van der Waals surface area contributed by atoms with Gasteiger partial charge in [0, 0.05) is 63.2 Å². The zero-order valence-corrected chi connectivity index (χ0v) is 64.0. The van der Waals surface area contributed by atoms with Crippen LogP contribution in [0.3, 0.4) is 0 Å². The quantitative estimate of drug-likeness (QED) is 0.0463. The summed E-state index contributed by atoms with van der Waals surface area (Å²) in [4.78, 5) is 42.8. The van der Waals surface area contributed by atoms with Crippen molar-refractivity contribution in [3.8, 4) is 56.3 Å². The van der Waals surface area contributed by atoms with Crippen LogP contribution in [0.2, 0.25) is 50.2 Å². The maximum Gasteiger partial charge on any atom is 0.222 e. The van der Waals surface area contributed by atoms with Gasteiger partial charge in [0.15, 0.2) is 0 Å². The van der Waals surface area contributed by atoms with Crippen LogP contribution in [0.1, 0.15) is 128 Å². The van der Waals surface area contributed by atoms with Gasteiger partial charge in [0.05, 0.1) is 78.7 Å².